The average Bonchev–Trinajstić information content (AvgIpc) is 3.29. The van der Waals surface area contributed by atoms with E-state index in [-0.39, 0.29) is 24.9 Å². The molecular formula is C32H34N4O5S. The standard InChI is InChI=1S/C32H34N4O5S/c1-23(2)30(32(38)39)33-42(40,41)36-18-16-34(17-19-36)28-14-11-24(12-15-28)8-9-25-10-13-27-22-35(31(37)29(27)20-25)21-26-6-4-3-5-7-26/h3-7,10-15,20,23,30,33H,16-19,21-22H2,1-2H3,(H,38,39)/t30-/m1/s1. The van der Waals surface area contributed by atoms with E-state index in [2.05, 4.69) is 21.5 Å². The Kier molecular flexibility index (Phi) is 8.64. The van der Waals surface area contributed by atoms with Crippen molar-refractivity contribution < 1.29 is 23.1 Å². The van der Waals surface area contributed by atoms with Gasteiger partial charge in [-0.1, -0.05) is 62.1 Å². The van der Waals surface area contributed by atoms with Crippen molar-refractivity contribution in [2.75, 3.05) is 31.1 Å². The van der Waals surface area contributed by atoms with Crippen LogP contribution in [0.2, 0.25) is 0 Å². The lowest BCUT2D eigenvalue weighted by molar-refractivity contribution is -0.140. The maximum Gasteiger partial charge on any atom is 0.322 e. The van der Waals surface area contributed by atoms with Gasteiger partial charge in [-0.25, -0.2) is 0 Å². The van der Waals surface area contributed by atoms with Crippen LogP contribution >= 0.6 is 0 Å². The molecule has 1 saturated heterocycles. The predicted molar refractivity (Wildman–Crippen MR) is 161 cm³/mol. The first-order valence-electron chi connectivity index (χ1n) is 13.9. The molecule has 2 heterocycles. The van der Waals surface area contributed by atoms with Gasteiger partial charge in [0.05, 0.1) is 0 Å². The summed E-state index contributed by atoms with van der Waals surface area (Å²) in [5.74, 6) is 4.80. The molecule has 10 heteroatoms. The molecule has 1 amide bonds. The summed E-state index contributed by atoms with van der Waals surface area (Å²) in [6.45, 7) is 5.97. The number of hydrogen-bond donors (Lipinski definition) is 2. The van der Waals surface area contributed by atoms with E-state index in [9.17, 15) is 23.1 Å². The average molecular weight is 587 g/mol. The fourth-order valence-corrected chi connectivity index (χ4v) is 6.65. The summed E-state index contributed by atoms with van der Waals surface area (Å²) in [7, 11) is -3.91. The molecule has 0 unspecified atom stereocenters. The summed E-state index contributed by atoms with van der Waals surface area (Å²) in [4.78, 5) is 28.4. The molecule has 0 bridgehead atoms. The Bertz CT molecular complexity index is 1620. The lowest BCUT2D eigenvalue weighted by Crippen LogP contribution is -2.55. The van der Waals surface area contributed by atoms with Gasteiger partial charge in [-0.15, -0.1) is 0 Å². The first-order valence-corrected chi connectivity index (χ1v) is 15.4. The maximum atomic E-state index is 13.0. The lowest BCUT2D eigenvalue weighted by atomic mass is 10.1. The van der Waals surface area contributed by atoms with Crippen LogP contribution in [0.15, 0.2) is 72.8 Å². The van der Waals surface area contributed by atoms with Gasteiger partial charge in [-0.3, -0.25) is 9.59 Å². The number of carbonyl (C=O) groups is 2. The third kappa shape index (κ3) is 6.65. The van der Waals surface area contributed by atoms with Crippen LogP contribution in [0.3, 0.4) is 0 Å². The number of amides is 1. The van der Waals surface area contributed by atoms with Crippen molar-refractivity contribution in [2.24, 2.45) is 5.92 Å². The third-order valence-corrected chi connectivity index (χ3v) is 9.17. The van der Waals surface area contributed by atoms with Crippen LogP contribution in [0.25, 0.3) is 0 Å². The number of carbonyl (C=O) groups excluding carboxylic acids is 1. The number of hydrogen-bond acceptors (Lipinski definition) is 5. The molecular weight excluding hydrogens is 552 g/mol. The van der Waals surface area contributed by atoms with E-state index in [1.54, 1.807) is 13.8 Å². The van der Waals surface area contributed by atoms with Crippen LogP contribution in [0.1, 0.15) is 46.5 Å². The van der Waals surface area contributed by atoms with Crippen LogP contribution in [-0.2, 0) is 28.1 Å². The van der Waals surface area contributed by atoms with Gasteiger partial charge in [0.25, 0.3) is 16.1 Å². The van der Waals surface area contributed by atoms with Crippen molar-refractivity contribution in [3.63, 3.8) is 0 Å². The summed E-state index contributed by atoms with van der Waals surface area (Å²) in [6.07, 6.45) is 0. The molecule has 0 saturated carbocycles. The molecule has 5 rings (SSSR count). The third-order valence-electron chi connectivity index (χ3n) is 7.58. The largest absolute Gasteiger partial charge is 0.480 e. The van der Waals surface area contributed by atoms with Crippen LogP contribution in [-0.4, -0.2) is 66.8 Å². The van der Waals surface area contributed by atoms with E-state index in [1.165, 1.54) is 4.31 Å². The van der Waals surface area contributed by atoms with Crippen molar-refractivity contribution in [1.29, 1.82) is 0 Å². The Morgan fingerprint density at radius 1 is 0.929 bits per heavy atom. The van der Waals surface area contributed by atoms with Crippen LogP contribution in [0.4, 0.5) is 5.69 Å². The molecule has 42 heavy (non-hydrogen) atoms. The molecule has 0 aliphatic carbocycles. The fourth-order valence-electron chi connectivity index (χ4n) is 5.16. The zero-order valence-corrected chi connectivity index (χ0v) is 24.5. The van der Waals surface area contributed by atoms with Gasteiger partial charge in [0.15, 0.2) is 0 Å². The Hall–Kier alpha value is -4.17. The minimum Gasteiger partial charge on any atom is -0.480 e. The van der Waals surface area contributed by atoms with Crippen molar-refractivity contribution in [3.8, 4) is 11.8 Å². The molecule has 3 aromatic carbocycles. The number of benzene rings is 3. The summed E-state index contributed by atoms with van der Waals surface area (Å²) in [6, 6.07) is 22.3. The Morgan fingerprint density at radius 3 is 2.21 bits per heavy atom. The van der Waals surface area contributed by atoms with Crippen LogP contribution in [0, 0.1) is 17.8 Å². The molecule has 9 nitrogen and oxygen atoms in total. The Labute approximate surface area is 246 Å². The summed E-state index contributed by atoms with van der Waals surface area (Å²) < 4.78 is 29.1. The van der Waals surface area contributed by atoms with Crippen molar-refractivity contribution >= 4 is 27.8 Å². The minimum atomic E-state index is -3.91. The number of fused-ring (bicyclic) bond motifs is 1. The number of aliphatic carboxylic acids is 1. The quantitative estimate of drug-likeness (QED) is 0.392. The number of nitrogens with zero attached hydrogens (tertiary/aromatic N) is 3. The highest BCUT2D eigenvalue weighted by Crippen LogP contribution is 2.25. The van der Waals surface area contributed by atoms with Gasteiger partial charge >= 0.3 is 5.97 Å². The molecule has 2 N–H and O–H groups in total. The molecule has 1 fully saturated rings. The fraction of sp³-hybridized carbons (Fsp3) is 0.312. The number of rotatable bonds is 8. The first-order chi connectivity index (χ1) is 20.1. The number of carboxylic acids is 1. The number of anilines is 1. The second kappa shape index (κ2) is 12.4. The van der Waals surface area contributed by atoms with Crippen LogP contribution < -0.4 is 9.62 Å². The molecule has 1 atom stereocenters. The number of piperazine rings is 1. The number of nitrogens with one attached hydrogen (secondary N) is 1. The smallest absolute Gasteiger partial charge is 0.322 e. The summed E-state index contributed by atoms with van der Waals surface area (Å²) in [5.41, 5.74) is 5.37. The van der Waals surface area contributed by atoms with E-state index in [0.29, 0.717) is 31.7 Å². The second-order valence-corrected chi connectivity index (χ2v) is 12.6. The second-order valence-electron chi connectivity index (χ2n) is 10.9. The zero-order valence-electron chi connectivity index (χ0n) is 23.7. The van der Waals surface area contributed by atoms with Crippen molar-refractivity contribution in [3.05, 3.63) is 101 Å². The molecule has 3 aromatic rings. The van der Waals surface area contributed by atoms with E-state index >= 15 is 0 Å². The van der Waals surface area contributed by atoms with Gasteiger partial charge in [0, 0.05) is 61.6 Å². The van der Waals surface area contributed by atoms with E-state index in [4.69, 9.17) is 0 Å². The minimum absolute atomic E-state index is 0.0205. The summed E-state index contributed by atoms with van der Waals surface area (Å²) in [5, 5.41) is 9.35. The highest BCUT2D eigenvalue weighted by Gasteiger charge is 2.33. The Morgan fingerprint density at radius 2 is 1.57 bits per heavy atom. The maximum absolute atomic E-state index is 13.0. The zero-order chi connectivity index (χ0) is 29.9. The van der Waals surface area contributed by atoms with Gasteiger partial charge in [0.2, 0.25) is 0 Å². The van der Waals surface area contributed by atoms with Crippen molar-refractivity contribution in [2.45, 2.75) is 33.0 Å². The monoisotopic (exact) mass is 586 g/mol. The van der Waals surface area contributed by atoms with Crippen LogP contribution in [0.5, 0.6) is 0 Å². The SMILES string of the molecule is CC(C)[C@@H](NS(=O)(=O)N1CCN(c2ccc(C#Cc3ccc4c(c3)C(=O)N(Cc3ccccc3)C4)cc2)CC1)C(=O)O. The highest BCUT2D eigenvalue weighted by molar-refractivity contribution is 7.87. The highest BCUT2D eigenvalue weighted by atomic mass is 32.2. The topological polar surface area (TPSA) is 110 Å². The summed E-state index contributed by atoms with van der Waals surface area (Å²) >= 11 is 0. The molecule has 218 valence electrons. The van der Waals surface area contributed by atoms with Gasteiger partial charge in [0.1, 0.15) is 6.04 Å². The lowest BCUT2D eigenvalue weighted by Gasteiger charge is -2.36. The van der Waals surface area contributed by atoms with E-state index in [1.807, 2.05) is 77.7 Å². The molecule has 2 aliphatic rings. The first kappa shape index (κ1) is 29.3. The van der Waals surface area contributed by atoms with Gasteiger partial charge in [-0.05, 0) is 53.4 Å². The van der Waals surface area contributed by atoms with Crippen molar-refractivity contribution in [1.82, 2.24) is 13.9 Å². The Balaban J connectivity index is 1.18. The molecule has 0 radical (unpaired) electrons. The molecule has 0 aromatic heterocycles. The normalized spacial score (nSPS) is 16.2. The van der Waals surface area contributed by atoms with E-state index in [0.717, 1.165) is 27.9 Å². The predicted octanol–water partition coefficient (Wildman–Crippen LogP) is 3.31. The van der Waals surface area contributed by atoms with Gasteiger partial charge < -0.3 is 14.9 Å². The van der Waals surface area contributed by atoms with E-state index < -0.39 is 22.2 Å². The molecule has 0 spiro atoms. The number of carboxylic acid groups (broad SMARTS) is 1. The van der Waals surface area contributed by atoms with Gasteiger partial charge in [-0.2, -0.15) is 17.4 Å². The molecule has 2 aliphatic heterocycles.